The van der Waals surface area contributed by atoms with E-state index in [1.807, 2.05) is 18.2 Å². The quantitative estimate of drug-likeness (QED) is 0.649. The van der Waals surface area contributed by atoms with Gasteiger partial charge in [-0.1, -0.05) is 25.5 Å². The standard InChI is InChI=1S/C20H23N3O3S/c1-3-4-8-19-22-17-10-9-16(12-18(17)23-19)21-20(24)15-7-5-6-14(11-15)13-27(2,25)26/h5-7,9-12H,3-4,8,13H2,1-2H3,(H,21,24)(H,22,23). The summed E-state index contributed by atoms with van der Waals surface area (Å²) in [5, 5.41) is 2.86. The number of carbonyl (C=O) groups is 1. The first kappa shape index (κ1) is 19.1. The normalized spacial score (nSPS) is 11.6. The number of rotatable bonds is 7. The summed E-state index contributed by atoms with van der Waals surface area (Å²) in [4.78, 5) is 20.4. The Kier molecular flexibility index (Phi) is 5.60. The van der Waals surface area contributed by atoms with Crippen LogP contribution in [0.2, 0.25) is 0 Å². The summed E-state index contributed by atoms with van der Waals surface area (Å²) in [5.41, 5.74) is 3.42. The number of unbranched alkanes of at least 4 members (excludes halogenated alkanes) is 1. The van der Waals surface area contributed by atoms with Crippen LogP contribution >= 0.6 is 0 Å². The molecule has 0 aliphatic carbocycles. The smallest absolute Gasteiger partial charge is 0.255 e. The second kappa shape index (κ2) is 7.92. The Balaban J connectivity index is 1.76. The number of nitrogens with zero attached hydrogens (tertiary/aromatic N) is 1. The number of aromatic amines is 1. The number of aromatic nitrogens is 2. The van der Waals surface area contributed by atoms with E-state index in [0.717, 1.165) is 36.1 Å². The Bertz CT molecular complexity index is 1070. The Labute approximate surface area is 158 Å². The van der Waals surface area contributed by atoms with E-state index in [1.54, 1.807) is 24.3 Å². The van der Waals surface area contributed by atoms with Gasteiger partial charge in [0.1, 0.15) is 5.82 Å². The maximum absolute atomic E-state index is 12.5. The fourth-order valence-electron chi connectivity index (χ4n) is 2.91. The SMILES string of the molecule is CCCCc1nc2ccc(NC(=O)c3cccc(CS(C)(=O)=O)c3)cc2[nH]1. The van der Waals surface area contributed by atoms with Gasteiger partial charge in [0.15, 0.2) is 9.84 Å². The lowest BCUT2D eigenvalue weighted by Gasteiger charge is -2.07. The highest BCUT2D eigenvalue weighted by atomic mass is 32.2. The van der Waals surface area contributed by atoms with E-state index in [1.165, 1.54) is 6.26 Å². The fourth-order valence-corrected chi connectivity index (χ4v) is 3.70. The summed E-state index contributed by atoms with van der Waals surface area (Å²) in [6.45, 7) is 2.14. The monoisotopic (exact) mass is 385 g/mol. The lowest BCUT2D eigenvalue weighted by Crippen LogP contribution is -2.12. The molecule has 0 aliphatic heterocycles. The molecule has 27 heavy (non-hydrogen) atoms. The number of nitrogens with one attached hydrogen (secondary N) is 2. The van der Waals surface area contributed by atoms with Crippen LogP contribution in [-0.2, 0) is 22.0 Å². The van der Waals surface area contributed by atoms with Crippen LogP contribution in [0.25, 0.3) is 11.0 Å². The van der Waals surface area contributed by atoms with Gasteiger partial charge in [0.2, 0.25) is 0 Å². The minimum Gasteiger partial charge on any atom is -0.342 e. The zero-order valence-electron chi connectivity index (χ0n) is 15.5. The van der Waals surface area contributed by atoms with Crippen molar-refractivity contribution < 1.29 is 13.2 Å². The van der Waals surface area contributed by atoms with Crippen molar-refractivity contribution in [3.05, 3.63) is 59.4 Å². The van der Waals surface area contributed by atoms with Gasteiger partial charge in [0.25, 0.3) is 5.91 Å². The van der Waals surface area contributed by atoms with Gasteiger partial charge in [-0.15, -0.1) is 0 Å². The minimum absolute atomic E-state index is 0.0885. The first-order valence-corrected chi connectivity index (χ1v) is 11.0. The summed E-state index contributed by atoms with van der Waals surface area (Å²) in [5.74, 6) is 0.577. The van der Waals surface area contributed by atoms with E-state index in [-0.39, 0.29) is 11.7 Å². The van der Waals surface area contributed by atoms with E-state index < -0.39 is 9.84 Å². The molecule has 0 atom stereocenters. The molecule has 0 bridgehead atoms. The summed E-state index contributed by atoms with van der Waals surface area (Å²) in [7, 11) is -3.15. The van der Waals surface area contributed by atoms with E-state index in [2.05, 4.69) is 22.2 Å². The molecule has 0 saturated heterocycles. The van der Waals surface area contributed by atoms with Gasteiger partial charge in [-0.2, -0.15) is 0 Å². The predicted molar refractivity (Wildman–Crippen MR) is 108 cm³/mol. The third kappa shape index (κ3) is 5.17. The van der Waals surface area contributed by atoms with Crippen LogP contribution in [0, 0.1) is 0 Å². The zero-order valence-corrected chi connectivity index (χ0v) is 16.3. The van der Waals surface area contributed by atoms with Crippen molar-refractivity contribution in [2.24, 2.45) is 0 Å². The van der Waals surface area contributed by atoms with Gasteiger partial charge in [0.05, 0.1) is 16.8 Å². The number of carbonyl (C=O) groups excluding carboxylic acids is 1. The lowest BCUT2D eigenvalue weighted by atomic mass is 10.1. The molecule has 0 fully saturated rings. The van der Waals surface area contributed by atoms with Crippen LogP contribution in [0.3, 0.4) is 0 Å². The zero-order chi connectivity index (χ0) is 19.4. The van der Waals surface area contributed by atoms with Gasteiger partial charge in [-0.25, -0.2) is 13.4 Å². The molecule has 142 valence electrons. The number of H-pyrrole nitrogens is 1. The molecule has 0 saturated carbocycles. The van der Waals surface area contributed by atoms with Crippen molar-refractivity contribution in [3.63, 3.8) is 0 Å². The molecule has 3 aromatic rings. The molecule has 2 N–H and O–H groups in total. The van der Waals surface area contributed by atoms with Gasteiger partial charge in [-0.05, 0) is 42.3 Å². The molecule has 2 aromatic carbocycles. The molecule has 3 rings (SSSR count). The van der Waals surface area contributed by atoms with Crippen LogP contribution < -0.4 is 5.32 Å². The largest absolute Gasteiger partial charge is 0.342 e. The second-order valence-electron chi connectivity index (χ2n) is 6.74. The second-order valence-corrected chi connectivity index (χ2v) is 8.88. The number of anilines is 1. The van der Waals surface area contributed by atoms with Crippen molar-refractivity contribution in [3.8, 4) is 0 Å². The Morgan fingerprint density at radius 1 is 1.19 bits per heavy atom. The van der Waals surface area contributed by atoms with E-state index >= 15 is 0 Å². The topological polar surface area (TPSA) is 91.9 Å². The Morgan fingerprint density at radius 3 is 2.74 bits per heavy atom. The molecular weight excluding hydrogens is 362 g/mol. The lowest BCUT2D eigenvalue weighted by molar-refractivity contribution is 0.102. The van der Waals surface area contributed by atoms with Gasteiger partial charge in [0, 0.05) is 23.9 Å². The van der Waals surface area contributed by atoms with Crippen molar-refractivity contribution >= 4 is 32.5 Å². The molecule has 6 nitrogen and oxygen atoms in total. The van der Waals surface area contributed by atoms with Crippen molar-refractivity contribution in [1.29, 1.82) is 0 Å². The molecule has 1 aromatic heterocycles. The summed E-state index contributed by atoms with van der Waals surface area (Å²) in [6, 6.07) is 12.2. The van der Waals surface area contributed by atoms with Crippen LogP contribution in [0.1, 0.15) is 41.5 Å². The number of amides is 1. The highest BCUT2D eigenvalue weighted by Gasteiger charge is 2.11. The van der Waals surface area contributed by atoms with Crippen LogP contribution in [0.5, 0.6) is 0 Å². The van der Waals surface area contributed by atoms with Crippen molar-refractivity contribution in [2.45, 2.75) is 31.9 Å². The predicted octanol–water partition coefficient (Wildman–Crippen LogP) is 3.70. The molecule has 1 heterocycles. The van der Waals surface area contributed by atoms with Crippen LogP contribution in [-0.4, -0.2) is 30.5 Å². The Morgan fingerprint density at radius 2 is 2.00 bits per heavy atom. The first-order chi connectivity index (χ1) is 12.8. The third-order valence-corrected chi connectivity index (χ3v) is 5.03. The summed E-state index contributed by atoms with van der Waals surface area (Å²) < 4.78 is 22.9. The molecule has 0 aliphatic rings. The fraction of sp³-hybridized carbons (Fsp3) is 0.300. The third-order valence-electron chi connectivity index (χ3n) is 4.17. The molecule has 0 spiro atoms. The number of fused-ring (bicyclic) bond motifs is 1. The number of hydrogen-bond donors (Lipinski definition) is 2. The summed E-state index contributed by atoms with van der Waals surface area (Å²) in [6.07, 6.45) is 4.26. The van der Waals surface area contributed by atoms with Crippen LogP contribution in [0.15, 0.2) is 42.5 Å². The first-order valence-electron chi connectivity index (χ1n) is 8.91. The number of aryl methyl sites for hydroxylation is 1. The van der Waals surface area contributed by atoms with Crippen molar-refractivity contribution in [2.75, 3.05) is 11.6 Å². The van der Waals surface area contributed by atoms with Crippen LogP contribution in [0.4, 0.5) is 5.69 Å². The number of benzene rings is 2. The number of imidazole rings is 1. The van der Waals surface area contributed by atoms with Crippen molar-refractivity contribution in [1.82, 2.24) is 9.97 Å². The highest BCUT2D eigenvalue weighted by Crippen LogP contribution is 2.19. The molecule has 0 radical (unpaired) electrons. The average Bonchev–Trinajstić information content (AvgIpc) is 3.00. The number of hydrogen-bond acceptors (Lipinski definition) is 4. The summed E-state index contributed by atoms with van der Waals surface area (Å²) >= 11 is 0. The van der Waals surface area contributed by atoms with E-state index in [0.29, 0.717) is 16.8 Å². The van der Waals surface area contributed by atoms with E-state index in [9.17, 15) is 13.2 Å². The molecule has 7 heteroatoms. The highest BCUT2D eigenvalue weighted by molar-refractivity contribution is 7.89. The minimum atomic E-state index is -3.15. The number of sulfone groups is 1. The van der Waals surface area contributed by atoms with Gasteiger partial charge in [-0.3, -0.25) is 4.79 Å². The maximum Gasteiger partial charge on any atom is 0.255 e. The average molecular weight is 385 g/mol. The van der Waals surface area contributed by atoms with Gasteiger partial charge >= 0.3 is 0 Å². The Hall–Kier alpha value is -2.67. The molecule has 0 unspecified atom stereocenters. The van der Waals surface area contributed by atoms with Gasteiger partial charge < -0.3 is 10.3 Å². The molecular formula is C20H23N3O3S. The van der Waals surface area contributed by atoms with E-state index in [4.69, 9.17) is 0 Å². The molecule has 1 amide bonds. The maximum atomic E-state index is 12.5.